The number of esters is 1. The summed E-state index contributed by atoms with van der Waals surface area (Å²) in [5, 5.41) is 13.4. The molecule has 3 atom stereocenters. The van der Waals surface area contributed by atoms with Gasteiger partial charge in [-0.15, -0.1) is 0 Å². The Labute approximate surface area is 181 Å². The minimum absolute atomic E-state index is 0.186. The fourth-order valence-corrected chi connectivity index (χ4v) is 4.00. The molecule has 31 heavy (non-hydrogen) atoms. The number of fused-ring (bicyclic) bond motifs is 1. The van der Waals surface area contributed by atoms with Crippen LogP contribution in [-0.4, -0.2) is 23.0 Å². The Morgan fingerprint density at radius 3 is 2.13 bits per heavy atom. The lowest BCUT2D eigenvalue weighted by Gasteiger charge is -2.32. The van der Waals surface area contributed by atoms with Crippen LogP contribution in [0, 0.1) is 5.92 Å². The van der Waals surface area contributed by atoms with Gasteiger partial charge >= 0.3 is 5.97 Å². The van der Waals surface area contributed by atoms with Gasteiger partial charge in [0, 0.05) is 6.04 Å². The lowest BCUT2D eigenvalue weighted by Crippen LogP contribution is -2.49. The monoisotopic (exact) mass is 415 g/mol. The van der Waals surface area contributed by atoms with Crippen LogP contribution < -0.4 is 5.32 Å². The number of aliphatic hydroxyl groups excluding tert-OH is 1. The molecule has 0 aliphatic heterocycles. The van der Waals surface area contributed by atoms with E-state index in [2.05, 4.69) is 5.32 Å². The highest BCUT2D eigenvalue weighted by molar-refractivity contribution is 5.83. The van der Waals surface area contributed by atoms with Gasteiger partial charge in [0.15, 0.2) is 6.10 Å². The maximum atomic E-state index is 13.0. The number of benzene rings is 3. The van der Waals surface area contributed by atoms with Crippen molar-refractivity contribution in [1.29, 1.82) is 0 Å². The lowest BCUT2D eigenvalue weighted by molar-refractivity contribution is -0.151. The molecule has 4 rings (SSSR count). The lowest BCUT2D eigenvalue weighted by atomic mass is 9.80. The zero-order valence-electron chi connectivity index (χ0n) is 17.1. The molecule has 0 spiro atoms. The van der Waals surface area contributed by atoms with Crippen molar-refractivity contribution in [3.63, 3.8) is 0 Å². The number of hydrogen-bond donors (Lipinski definition) is 2. The van der Waals surface area contributed by atoms with Gasteiger partial charge in [-0.25, -0.2) is 0 Å². The molecule has 0 radical (unpaired) electrons. The molecule has 1 aliphatic carbocycles. The third kappa shape index (κ3) is 5.01. The van der Waals surface area contributed by atoms with E-state index in [1.165, 1.54) is 0 Å². The summed E-state index contributed by atoms with van der Waals surface area (Å²) in [5.74, 6) is -1.39. The first-order chi connectivity index (χ1) is 15.1. The minimum Gasteiger partial charge on any atom is -0.461 e. The van der Waals surface area contributed by atoms with Crippen molar-refractivity contribution in [3.8, 4) is 0 Å². The first-order valence-electron chi connectivity index (χ1n) is 10.4. The van der Waals surface area contributed by atoms with Crippen molar-refractivity contribution < 1.29 is 19.4 Å². The Kier molecular flexibility index (Phi) is 6.43. The molecule has 1 aliphatic rings. The summed E-state index contributed by atoms with van der Waals surface area (Å²) in [6.07, 6.45) is -0.301. The molecule has 0 unspecified atom stereocenters. The van der Waals surface area contributed by atoms with Gasteiger partial charge in [0.05, 0.1) is 5.92 Å². The molecule has 0 aromatic heterocycles. The van der Waals surface area contributed by atoms with Crippen molar-refractivity contribution >= 4 is 11.9 Å². The van der Waals surface area contributed by atoms with E-state index < -0.39 is 24.0 Å². The molecule has 3 aromatic carbocycles. The molecule has 0 bridgehead atoms. The third-order valence-electron chi connectivity index (χ3n) is 5.70. The first-order valence-corrected chi connectivity index (χ1v) is 10.4. The quantitative estimate of drug-likeness (QED) is 0.606. The molecule has 0 saturated carbocycles. The number of aliphatic hydroxyl groups is 1. The second kappa shape index (κ2) is 9.58. The van der Waals surface area contributed by atoms with Crippen molar-refractivity contribution in [3.05, 3.63) is 107 Å². The molecule has 0 saturated heterocycles. The average Bonchev–Trinajstić information content (AvgIpc) is 2.82. The van der Waals surface area contributed by atoms with Crippen LogP contribution in [-0.2, 0) is 33.8 Å². The van der Waals surface area contributed by atoms with Gasteiger partial charge in [0.1, 0.15) is 6.61 Å². The summed E-state index contributed by atoms with van der Waals surface area (Å²) in [4.78, 5) is 25.7. The normalized spacial score (nSPS) is 18.5. The highest BCUT2D eigenvalue weighted by atomic mass is 16.5. The Hall–Kier alpha value is -3.44. The van der Waals surface area contributed by atoms with Gasteiger partial charge in [-0.2, -0.15) is 0 Å². The topological polar surface area (TPSA) is 75.6 Å². The molecule has 2 N–H and O–H groups in total. The van der Waals surface area contributed by atoms with Gasteiger partial charge < -0.3 is 15.2 Å². The second-order valence-corrected chi connectivity index (χ2v) is 7.81. The van der Waals surface area contributed by atoms with E-state index >= 15 is 0 Å². The van der Waals surface area contributed by atoms with Crippen LogP contribution in [0.25, 0.3) is 0 Å². The number of carbonyl (C=O) groups is 2. The molecule has 158 valence electrons. The molecule has 1 amide bonds. The van der Waals surface area contributed by atoms with Crippen molar-refractivity contribution in [2.24, 2.45) is 5.92 Å². The molecule has 5 heteroatoms. The van der Waals surface area contributed by atoms with E-state index in [1.54, 1.807) is 24.3 Å². The van der Waals surface area contributed by atoms with E-state index in [1.807, 2.05) is 60.7 Å². The third-order valence-corrected chi connectivity index (χ3v) is 5.70. The standard InChI is InChI=1S/C26H25NO4/c28-24(19-11-5-2-6-12-19)25(29)27-23-16-21-14-8-7-13-20(21)15-22(23)26(30)31-17-18-9-3-1-4-10-18/h1-14,22-24,28H,15-17H2,(H,27,29)/t22-,23-,24-/m1/s1. The molecular weight excluding hydrogens is 390 g/mol. The molecule has 0 heterocycles. The van der Waals surface area contributed by atoms with Crippen LogP contribution in [0.4, 0.5) is 0 Å². The van der Waals surface area contributed by atoms with E-state index in [0.717, 1.165) is 16.7 Å². The first kappa shape index (κ1) is 20.8. The summed E-state index contributed by atoms with van der Waals surface area (Å²) in [5.41, 5.74) is 3.60. The number of carbonyl (C=O) groups excluding carboxylic acids is 2. The average molecular weight is 415 g/mol. The molecule has 0 fully saturated rings. The van der Waals surface area contributed by atoms with Crippen molar-refractivity contribution in [1.82, 2.24) is 5.32 Å². The summed E-state index contributed by atoms with van der Waals surface area (Å²) in [6.45, 7) is 0.186. The molecular formula is C26H25NO4. The van der Waals surface area contributed by atoms with E-state index in [0.29, 0.717) is 18.4 Å². The number of ether oxygens (including phenoxy) is 1. The van der Waals surface area contributed by atoms with Gasteiger partial charge in [0.2, 0.25) is 0 Å². The molecule has 3 aromatic rings. The Balaban J connectivity index is 1.50. The predicted octanol–water partition coefficient (Wildman–Crippen LogP) is 3.36. The van der Waals surface area contributed by atoms with Crippen LogP contribution in [0.15, 0.2) is 84.9 Å². The Morgan fingerprint density at radius 2 is 1.45 bits per heavy atom. The Bertz CT molecular complexity index is 1040. The molecule has 5 nitrogen and oxygen atoms in total. The smallest absolute Gasteiger partial charge is 0.311 e. The maximum absolute atomic E-state index is 13.0. The summed E-state index contributed by atoms with van der Waals surface area (Å²) < 4.78 is 5.59. The Morgan fingerprint density at radius 1 is 0.871 bits per heavy atom. The van der Waals surface area contributed by atoms with E-state index in [4.69, 9.17) is 4.74 Å². The summed E-state index contributed by atoms with van der Waals surface area (Å²) >= 11 is 0. The largest absolute Gasteiger partial charge is 0.461 e. The van der Waals surface area contributed by atoms with Gasteiger partial charge in [-0.1, -0.05) is 84.9 Å². The van der Waals surface area contributed by atoms with E-state index in [-0.39, 0.29) is 12.6 Å². The zero-order chi connectivity index (χ0) is 21.6. The van der Waals surface area contributed by atoms with Gasteiger partial charge in [-0.3, -0.25) is 9.59 Å². The SMILES string of the molecule is O=C(N[C@@H]1Cc2ccccc2C[C@H]1C(=O)OCc1ccccc1)[C@H](O)c1ccccc1. The van der Waals surface area contributed by atoms with Gasteiger partial charge in [0.25, 0.3) is 5.91 Å². The fraction of sp³-hybridized carbons (Fsp3) is 0.231. The van der Waals surface area contributed by atoms with Gasteiger partial charge in [-0.05, 0) is 35.1 Å². The van der Waals surface area contributed by atoms with E-state index in [9.17, 15) is 14.7 Å². The van der Waals surface area contributed by atoms with Crippen LogP contribution in [0.2, 0.25) is 0 Å². The second-order valence-electron chi connectivity index (χ2n) is 7.81. The number of hydrogen-bond acceptors (Lipinski definition) is 4. The highest BCUT2D eigenvalue weighted by Gasteiger charge is 2.36. The van der Waals surface area contributed by atoms with Crippen molar-refractivity contribution in [2.45, 2.75) is 31.6 Å². The van der Waals surface area contributed by atoms with Crippen molar-refractivity contribution in [2.75, 3.05) is 0 Å². The summed E-state index contributed by atoms with van der Waals surface area (Å²) in [6, 6.07) is 25.7. The van der Waals surface area contributed by atoms with Crippen LogP contribution in [0.3, 0.4) is 0 Å². The predicted molar refractivity (Wildman–Crippen MR) is 117 cm³/mol. The zero-order valence-corrected chi connectivity index (χ0v) is 17.1. The number of amides is 1. The van der Waals surface area contributed by atoms with Crippen LogP contribution >= 0.6 is 0 Å². The fourth-order valence-electron chi connectivity index (χ4n) is 4.00. The summed E-state index contributed by atoms with van der Waals surface area (Å²) in [7, 11) is 0. The van der Waals surface area contributed by atoms with Crippen LogP contribution in [0.5, 0.6) is 0 Å². The minimum atomic E-state index is -1.29. The maximum Gasteiger partial charge on any atom is 0.311 e. The highest BCUT2D eigenvalue weighted by Crippen LogP contribution is 2.28. The number of nitrogens with one attached hydrogen (secondary N) is 1. The van der Waals surface area contributed by atoms with Crippen LogP contribution in [0.1, 0.15) is 28.4 Å². The number of rotatable bonds is 6.